The van der Waals surface area contributed by atoms with Crippen molar-refractivity contribution >= 4 is 38.7 Å². The van der Waals surface area contributed by atoms with Crippen LogP contribution < -0.4 is 24.8 Å². The number of oxazole rings is 1. The van der Waals surface area contributed by atoms with Gasteiger partial charge in [0.1, 0.15) is 10.4 Å². The number of methoxy groups -OCH3 is 1. The number of fused-ring (bicyclic) bond motifs is 1. The monoisotopic (exact) mass is 494 g/mol. The lowest BCUT2D eigenvalue weighted by atomic mass is 10.0. The van der Waals surface area contributed by atoms with Gasteiger partial charge in [-0.3, -0.25) is 0 Å². The predicted octanol–water partition coefficient (Wildman–Crippen LogP) is 3.29. The normalized spacial score (nSPS) is 15.0. The Balaban J connectivity index is 1.73. The van der Waals surface area contributed by atoms with E-state index in [0.29, 0.717) is 41.8 Å². The van der Waals surface area contributed by atoms with Crippen LogP contribution in [0.5, 0.6) is 11.5 Å². The Morgan fingerprint density at radius 1 is 1.24 bits per heavy atom. The number of benzene rings is 2. The van der Waals surface area contributed by atoms with Crippen LogP contribution in [0.25, 0.3) is 11.1 Å². The zero-order chi connectivity index (χ0) is 23.6. The molecule has 2 aromatic carbocycles. The van der Waals surface area contributed by atoms with Crippen LogP contribution in [0, 0.1) is 0 Å². The van der Waals surface area contributed by atoms with Crippen LogP contribution in [0.1, 0.15) is 25.3 Å². The van der Waals surface area contributed by atoms with Crippen LogP contribution in [0.15, 0.2) is 39.6 Å². The van der Waals surface area contributed by atoms with E-state index in [1.54, 1.807) is 7.11 Å². The molecular formula is C22H27ClN4O5S. The summed E-state index contributed by atoms with van der Waals surface area (Å²) in [6.45, 7) is 4.74. The summed E-state index contributed by atoms with van der Waals surface area (Å²) >= 11 is 6.14. The third-order valence-corrected chi connectivity index (χ3v) is 6.99. The first-order valence-electron chi connectivity index (χ1n) is 10.7. The van der Waals surface area contributed by atoms with Gasteiger partial charge in [0.15, 0.2) is 17.1 Å². The molecule has 11 heteroatoms. The number of nitrogens with one attached hydrogen (secondary N) is 1. The summed E-state index contributed by atoms with van der Waals surface area (Å²) < 4.78 is 40.9. The molecule has 1 fully saturated rings. The summed E-state index contributed by atoms with van der Waals surface area (Å²) in [5, 5.41) is 8.66. The molecule has 9 nitrogen and oxygen atoms in total. The predicted molar refractivity (Wildman–Crippen MR) is 127 cm³/mol. The number of halogens is 1. The number of ether oxygens (including phenoxy) is 2. The quantitative estimate of drug-likeness (QED) is 0.489. The number of nitrogens with zero attached hydrogens (tertiary/aromatic N) is 2. The molecule has 33 heavy (non-hydrogen) atoms. The van der Waals surface area contributed by atoms with Gasteiger partial charge in [0.2, 0.25) is 10.0 Å². The molecule has 0 bridgehead atoms. The van der Waals surface area contributed by atoms with E-state index in [2.05, 4.69) is 15.2 Å². The number of sulfonamides is 1. The first kappa shape index (κ1) is 23.6. The number of hydrogen-bond acceptors (Lipinski definition) is 8. The molecule has 1 aliphatic rings. The van der Waals surface area contributed by atoms with Gasteiger partial charge >= 0.3 is 0 Å². The van der Waals surface area contributed by atoms with Crippen molar-refractivity contribution in [1.82, 2.24) is 10.3 Å². The Morgan fingerprint density at radius 2 is 2.00 bits per heavy atom. The molecule has 1 aromatic heterocycles. The number of hydrogen-bond donors (Lipinski definition) is 2. The highest BCUT2D eigenvalue weighted by Gasteiger charge is 2.27. The van der Waals surface area contributed by atoms with Crippen molar-refractivity contribution in [1.29, 1.82) is 0 Å². The molecule has 0 saturated carbocycles. The summed E-state index contributed by atoms with van der Waals surface area (Å²) in [5.41, 5.74) is 1.77. The van der Waals surface area contributed by atoms with E-state index in [0.717, 1.165) is 31.5 Å². The minimum atomic E-state index is -3.99. The summed E-state index contributed by atoms with van der Waals surface area (Å²) in [4.78, 5) is 6.53. The van der Waals surface area contributed by atoms with E-state index in [1.807, 2.05) is 25.1 Å². The fourth-order valence-corrected chi connectivity index (χ4v) is 5.10. The zero-order valence-electron chi connectivity index (χ0n) is 18.5. The van der Waals surface area contributed by atoms with Crippen LogP contribution in [0.2, 0.25) is 5.02 Å². The number of piperidine rings is 1. The molecule has 3 N–H and O–H groups in total. The standard InChI is InChI=1S/C22H27ClN4O5S/c1-3-31-20-10-14(4-5-18(20)30-2)13-27(15-6-8-25-9-7-15)22-26-17-11-16(23)21(33(24,28)29)12-19(17)32-22/h4-5,10-12,15,25H,3,6-9,13H2,1-2H3,(H2,24,28,29). The van der Waals surface area contributed by atoms with Crippen molar-refractivity contribution in [3.63, 3.8) is 0 Å². The molecule has 3 aromatic rings. The third kappa shape index (κ3) is 5.19. The van der Waals surface area contributed by atoms with Gasteiger partial charge in [-0.05, 0) is 56.6 Å². The lowest BCUT2D eigenvalue weighted by Gasteiger charge is -2.33. The highest BCUT2D eigenvalue weighted by atomic mass is 35.5. The highest BCUT2D eigenvalue weighted by Crippen LogP contribution is 2.33. The van der Waals surface area contributed by atoms with E-state index < -0.39 is 10.0 Å². The average molecular weight is 495 g/mol. The first-order chi connectivity index (χ1) is 15.8. The van der Waals surface area contributed by atoms with Crippen LogP contribution in [-0.4, -0.2) is 46.2 Å². The van der Waals surface area contributed by atoms with Crippen LogP contribution in [-0.2, 0) is 16.6 Å². The van der Waals surface area contributed by atoms with Crippen molar-refractivity contribution in [2.45, 2.75) is 37.2 Å². The second-order valence-electron chi connectivity index (χ2n) is 7.82. The van der Waals surface area contributed by atoms with Gasteiger partial charge in [0.05, 0.1) is 18.7 Å². The van der Waals surface area contributed by atoms with E-state index in [9.17, 15) is 8.42 Å². The number of anilines is 1. The Bertz CT molecular complexity index is 1240. The fraction of sp³-hybridized carbons (Fsp3) is 0.409. The van der Waals surface area contributed by atoms with Crippen LogP contribution in [0.3, 0.4) is 0 Å². The molecule has 2 heterocycles. The van der Waals surface area contributed by atoms with Gasteiger partial charge in [-0.25, -0.2) is 13.6 Å². The maximum absolute atomic E-state index is 11.9. The lowest BCUT2D eigenvalue weighted by molar-refractivity contribution is 0.310. The minimum absolute atomic E-state index is 0.00905. The zero-order valence-corrected chi connectivity index (χ0v) is 20.1. The molecule has 0 aliphatic carbocycles. The summed E-state index contributed by atoms with van der Waals surface area (Å²) in [6.07, 6.45) is 1.83. The number of aromatic nitrogens is 1. The van der Waals surface area contributed by atoms with E-state index in [1.165, 1.54) is 12.1 Å². The van der Waals surface area contributed by atoms with Gasteiger partial charge in [0, 0.05) is 18.7 Å². The Labute approximate surface area is 197 Å². The lowest BCUT2D eigenvalue weighted by Crippen LogP contribution is -2.43. The molecule has 0 amide bonds. The van der Waals surface area contributed by atoms with Gasteiger partial charge in [-0.2, -0.15) is 4.98 Å². The van der Waals surface area contributed by atoms with E-state index >= 15 is 0 Å². The van der Waals surface area contributed by atoms with Gasteiger partial charge < -0.3 is 24.1 Å². The SMILES string of the molecule is CCOc1cc(CN(c2nc3cc(Cl)c(S(N)(=O)=O)cc3o2)C2CCNCC2)ccc1OC. The second kappa shape index (κ2) is 9.76. The molecule has 0 spiro atoms. The smallest absolute Gasteiger partial charge is 0.298 e. The number of rotatable bonds is 8. The largest absolute Gasteiger partial charge is 0.493 e. The van der Waals surface area contributed by atoms with Crippen molar-refractivity contribution in [3.8, 4) is 11.5 Å². The Hall–Kier alpha value is -2.53. The Kier molecular flexibility index (Phi) is 6.99. The number of nitrogens with two attached hydrogens (primary N) is 1. The van der Waals surface area contributed by atoms with Crippen molar-refractivity contribution in [2.75, 3.05) is 31.7 Å². The van der Waals surface area contributed by atoms with Crippen molar-refractivity contribution in [3.05, 3.63) is 40.9 Å². The highest BCUT2D eigenvalue weighted by molar-refractivity contribution is 7.89. The molecule has 1 aliphatic heterocycles. The molecule has 0 unspecified atom stereocenters. The molecule has 0 radical (unpaired) electrons. The van der Waals surface area contributed by atoms with Crippen LogP contribution >= 0.6 is 11.6 Å². The van der Waals surface area contributed by atoms with E-state index in [4.69, 9.17) is 30.6 Å². The van der Waals surface area contributed by atoms with Crippen molar-refractivity contribution in [2.24, 2.45) is 5.14 Å². The van der Waals surface area contributed by atoms with E-state index in [-0.39, 0.29) is 16.0 Å². The second-order valence-corrected chi connectivity index (χ2v) is 9.76. The maximum Gasteiger partial charge on any atom is 0.298 e. The third-order valence-electron chi connectivity index (χ3n) is 5.61. The number of primary sulfonamides is 1. The maximum atomic E-state index is 11.9. The summed E-state index contributed by atoms with van der Waals surface area (Å²) in [6, 6.07) is 9.18. The molecule has 0 atom stereocenters. The first-order valence-corrected chi connectivity index (χ1v) is 12.6. The molecule has 4 rings (SSSR count). The Morgan fingerprint density at radius 3 is 2.67 bits per heavy atom. The molecule has 178 valence electrons. The van der Waals surface area contributed by atoms with Crippen molar-refractivity contribution < 1.29 is 22.3 Å². The molecular weight excluding hydrogens is 468 g/mol. The fourth-order valence-electron chi connectivity index (χ4n) is 4.01. The van der Waals surface area contributed by atoms with Gasteiger partial charge in [-0.15, -0.1) is 0 Å². The summed E-state index contributed by atoms with van der Waals surface area (Å²) in [5.74, 6) is 1.34. The summed E-state index contributed by atoms with van der Waals surface area (Å²) in [7, 11) is -2.38. The van der Waals surface area contributed by atoms with Gasteiger partial charge in [-0.1, -0.05) is 17.7 Å². The van der Waals surface area contributed by atoms with Gasteiger partial charge in [0.25, 0.3) is 6.01 Å². The molecule has 1 saturated heterocycles. The topological polar surface area (TPSA) is 120 Å². The minimum Gasteiger partial charge on any atom is -0.493 e. The van der Waals surface area contributed by atoms with Crippen LogP contribution in [0.4, 0.5) is 6.01 Å². The average Bonchev–Trinajstić information content (AvgIpc) is 3.19.